The van der Waals surface area contributed by atoms with E-state index < -0.39 is 5.97 Å². The van der Waals surface area contributed by atoms with Crippen LogP contribution in [0.15, 0.2) is 41.2 Å². The maximum absolute atomic E-state index is 11.5. The van der Waals surface area contributed by atoms with Crippen LogP contribution in [0, 0.1) is 17.8 Å². The first kappa shape index (κ1) is 25.5. The average Bonchev–Trinajstić information content (AvgIpc) is 3.68. The Kier molecular flexibility index (Phi) is 6.29. The molecule has 2 unspecified atom stereocenters. The Hall–Kier alpha value is -3.47. The van der Waals surface area contributed by atoms with Gasteiger partial charge in [0, 0.05) is 59.6 Å². The number of hydrogen-bond acceptors (Lipinski definition) is 9. The number of carboxylic acids is 1. The molecule has 1 N–H and O–H groups in total. The molecule has 1 aliphatic heterocycles. The van der Waals surface area contributed by atoms with Crippen molar-refractivity contribution in [3.63, 3.8) is 0 Å². The summed E-state index contributed by atoms with van der Waals surface area (Å²) in [5, 5.41) is 15.5. The molecule has 2 atom stereocenters. The van der Waals surface area contributed by atoms with Gasteiger partial charge in [-0.25, -0.2) is 4.79 Å². The summed E-state index contributed by atoms with van der Waals surface area (Å²) in [6.45, 7) is 1.78. The SMILES string of the molecule is COc1cc(C(=O)O)cc(-c2nsc(N3CC4C(/C=C/c5c(-c6c(Cl)cncc6Cl)noc5C5CC5)C4C3)n2)c1. The Labute approximate surface area is 243 Å². The van der Waals surface area contributed by atoms with Crippen molar-refractivity contribution in [2.45, 2.75) is 18.8 Å². The van der Waals surface area contributed by atoms with Crippen LogP contribution in [0.3, 0.4) is 0 Å². The maximum Gasteiger partial charge on any atom is 0.335 e. The van der Waals surface area contributed by atoms with Gasteiger partial charge in [-0.3, -0.25) is 4.98 Å². The standard InChI is InChI=1S/C28H23Cl2N5O4S/c1-38-16-7-14(6-15(8-16)27(36)37)26-32-28(40-34-26)35-11-19-17(20(19)12-35)4-5-18-24(33-39-25(18)13-2-3-13)23-21(29)9-31-10-22(23)30/h4-10,13,17,19-20H,2-3,11-12H2,1H3,(H,36,37)/b5-4+. The van der Waals surface area contributed by atoms with Crippen LogP contribution in [0.4, 0.5) is 5.13 Å². The van der Waals surface area contributed by atoms with Gasteiger partial charge in [0.2, 0.25) is 5.13 Å². The zero-order valence-corrected chi connectivity index (χ0v) is 23.6. The van der Waals surface area contributed by atoms with E-state index in [4.69, 9.17) is 37.4 Å². The minimum atomic E-state index is -1.02. The fourth-order valence-corrected chi connectivity index (χ4v) is 6.83. The van der Waals surface area contributed by atoms with Crippen molar-refractivity contribution < 1.29 is 19.2 Å². The molecule has 2 aliphatic carbocycles. The summed E-state index contributed by atoms with van der Waals surface area (Å²) < 4.78 is 15.5. The molecule has 1 saturated heterocycles. The molecule has 0 amide bonds. The average molecular weight is 596 g/mol. The number of carbonyl (C=O) groups is 1. The number of piperidine rings is 1. The van der Waals surface area contributed by atoms with Gasteiger partial charge in [-0.2, -0.15) is 9.36 Å². The molecule has 12 heteroatoms. The number of hydrogen-bond donors (Lipinski definition) is 1. The van der Waals surface area contributed by atoms with Crippen molar-refractivity contribution in [2.24, 2.45) is 17.8 Å². The Bertz CT molecular complexity index is 1630. The number of aromatic nitrogens is 4. The number of carboxylic acid groups (broad SMARTS) is 1. The second-order valence-electron chi connectivity index (χ2n) is 10.4. The third-order valence-corrected chi connectivity index (χ3v) is 9.22. The lowest BCUT2D eigenvalue weighted by atomic mass is 10.0. The summed E-state index contributed by atoms with van der Waals surface area (Å²) in [6.07, 6.45) is 9.72. The number of pyridine rings is 1. The van der Waals surface area contributed by atoms with Crippen LogP contribution < -0.4 is 9.64 Å². The number of benzene rings is 1. The second-order valence-corrected chi connectivity index (χ2v) is 11.9. The highest BCUT2D eigenvalue weighted by Gasteiger charge is 2.54. The minimum absolute atomic E-state index is 0.136. The number of aromatic carboxylic acids is 1. The Morgan fingerprint density at radius 1 is 1.18 bits per heavy atom. The number of fused-ring (bicyclic) bond motifs is 1. The molecule has 204 valence electrons. The van der Waals surface area contributed by atoms with Crippen molar-refractivity contribution in [1.82, 2.24) is 19.5 Å². The monoisotopic (exact) mass is 595 g/mol. The van der Waals surface area contributed by atoms with Crippen molar-refractivity contribution in [3.8, 4) is 28.4 Å². The largest absolute Gasteiger partial charge is 0.497 e. The van der Waals surface area contributed by atoms with Gasteiger partial charge in [-0.05, 0) is 48.8 Å². The molecule has 3 fully saturated rings. The molecule has 4 heterocycles. The lowest BCUT2D eigenvalue weighted by molar-refractivity contribution is 0.0696. The molecule has 0 radical (unpaired) electrons. The summed E-state index contributed by atoms with van der Waals surface area (Å²) >= 11 is 14.2. The third kappa shape index (κ3) is 4.53. The van der Waals surface area contributed by atoms with E-state index in [1.54, 1.807) is 24.5 Å². The smallest absolute Gasteiger partial charge is 0.335 e. The van der Waals surface area contributed by atoms with E-state index in [1.807, 2.05) is 0 Å². The van der Waals surface area contributed by atoms with Gasteiger partial charge in [-0.1, -0.05) is 40.5 Å². The van der Waals surface area contributed by atoms with Crippen molar-refractivity contribution in [2.75, 3.05) is 25.1 Å². The van der Waals surface area contributed by atoms with Crippen LogP contribution in [0.2, 0.25) is 10.0 Å². The third-order valence-electron chi connectivity index (χ3n) is 7.87. The molecule has 7 rings (SSSR count). The number of anilines is 1. The highest BCUT2D eigenvalue weighted by molar-refractivity contribution is 7.09. The number of rotatable bonds is 8. The Balaban J connectivity index is 1.07. The quantitative estimate of drug-likeness (QED) is 0.242. The van der Waals surface area contributed by atoms with Crippen molar-refractivity contribution >= 4 is 51.9 Å². The molecular weight excluding hydrogens is 573 g/mol. The van der Waals surface area contributed by atoms with E-state index in [0.717, 1.165) is 42.4 Å². The van der Waals surface area contributed by atoms with E-state index in [2.05, 4.69) is 31.6 Å². The van der Waals surface area contributed by atoms with E-state index >= 15 is 0 Å². The van der Waals surface area contributed by atoms with E-state index in [0.29, 0.717) is 62.1 Å². The molecule has 0 spiro atoms. The molecule has 4 aromatic rings. The minimum Gasteiger partial charge on any atom is -0.497 e. The van der Waals surface area contributed by atoms with Crippen LogP contribution in [-0.2, 0) is 0 Å². The topological polar surface area (TPSA) is 114 Å². The Morgan fingerprint density at radius 2 is 1.93 bits per heavy atom. The predicted octanol–water partition coefficient (Wildman–Crippen LogP) is 6.54. The summed E-state index contributed by atoms with van der Waals surface area (Å²) in [5.74, 6) is 2.73. The van der Waals surface area contributed by atoms with Crippen molar-refractivity contribution in [3.05, 3.63) is 63.6 Å². The molecule has 9 nitrogen and oxygen atoms in total. The van der Waals surface area contributed by atoms with E-state index in [9.17, 15) is 9.90 Å². The van der Waals surface area contributed by atoms with Crippen LogP contribution in [-0.4, -0.2) is 50.8 Å². The van der Waals surface area contributed by atoms with Gasteiger partial charge in [0.25, 0.3) is 0 Å². The first-order valence-corrected chi connectivity index (χ1v) is 14.4. The van der Waals surface area contributed by atoms with Gasteiger partial charge in [0.05, 0.1) is 22.7 Å². The molecular formula is C28H23Cl2N5O4S. The molecule has 0 bridgehead atoms. The highest BCUT2D eigenvalue weighted by atomic mass is 35.5. The molecule has 3 aliphatic rings. The summed E-state index contributed by atoms with van der Waals surface area (Å²) in [5.41, 5.74) is 3.02. The number of nitrogens with zero attached hydrogens (tertiary/aromatic N) is 5. The zero-order valence-electron chi connectivity index (χ0n) is 21.3. The maximum atomic E-state index is 11.5. The van der Waals surface area contributed by atoms with Crippen LogP contribution in [0.25, 0.3) is 28.7 Å². The fraction of sp³-hybridized carbons (Fsp3) is 0.321. The number of methoxy groups -OCH3 is 1. The number of halogens is 2. The predicted molar refractivity (Wildman–Crippen MR) is 152 cm³/mol. The van der Waals surface area contributed by atoms with E-state index in [1.165, 1.54) is 24.7 Å². The van der Waals surface area contributed by atoms with E-state index in [-0.39, 0.29) is 5.56 Å². The summed E-state index contributed by atoms with van der Waals surface area (Å²) in [6, 6.07) is 4.80. The van der Waals surface area contributed by atoms with Gasteiger partial charge < -0.3 is 19.3 Å². The molecule has 2 saturated carbocycles. The summed E-state index contributed by atoms with van der Waals surface area (Å²) in [7, 11) is 1.51. The van der Waals surface area contributed by atoms with Crippen LogP contribution in [0.5, 0.6) is 5.75 Å². The number of allylic oxidation sites excluding steroid dienone is 1. The van der Waals surface area contributed by atoms with Crippen LogP contribution in [0.1, 0.15) is 40.4 Å². The zero-order chi connectivity index (χ0) is 27.5. The number of ether oxygens (including phenoxy) is 1. The summed E-state index contributed by atoms with van der Waals surface area (Å²) in [4.78, 5) is 22.6. The normalized spacial score (nSPS) is 21.7. The van der Waals surface area contributed by atoms with Crippen molar-refractivity contribution in [1.29, 1.82) is 0 Å². The van der Waals surface area contributed by atoms with Gasteiger partial charge >= 0.3 is 5.97 Å². The van der Waals surface area contributed by atoms with Crippen LogP contribution >= 0.6 is 34.7 Å². The van der Waals surface area contributed by atoms with Gasteiger partial charge in [0.15, 0.2) is 5.82 Å². The first-order chi connectivity index (χ1) is 19.4. The second kappa shape index (κ2) is 9.87. The molecule has 40 heavy (non-hydrogen) atoms. The molecule has 3 aromatic heterocycles. The van der Waals surface area contributed by atoms with Gasteiger partial charge in [0.1, 0.15) is 17.2 Å². The van der Waals surface area contributed by atoms with Gasteiger partial charge in [-0.15, -0.1) is 0 Å². The lowest BCUT2D eigenvalue weighted by Gasteiger charge is -2.17. The Morgan fingerprint density at radius 3 is 2.60 bits per heavy atom. The fourth-order valence-electron chi connectivity index (χ4n) is 5.58. The lowest BCUT2D eigenvalue weighted by Crippen LogP contribution is -2.23. The highest BCUT2D eigenvalue weighted by Crippen LogP contribution is 2.54. The first-order valence-electron chi connectivity index (χ1n) is 12.9. The molecule has 1 aromatic carbocycles.